The van der Waals surface area contributed by atoms with Gasteiger partial charge < -0.3 is 9.47 Å². The van der Waals surface area contributed by atoms with Crippen LogP contribution in [0.4, 0.5) is 0 Å². The van der Waals surface area contributed by atoms with E-state index < -0.39 is 0 Å². The van der Waals surface area contributed by atoms with Crippen LogP contribution in [0.3, 0.4) is 0 Å². The van der Waals surface area contributed by atoms with Gasteiger partial charge >= 0.3 is 5.97 Å². The zero-order valence-electron chi connectivity index (χ0n) is 21.4. The second-order valence-electron chi connectivity index (χ2n) is 9.30. The van der Waals surface area contributed by atoms with Gasteiger partial charge in [0.15, 0.2) is 0 Å². The van der Waals surface area contributed by atoms with Gasteiger partial charge in [0.1, 0.15) is 6.61 Å². The summed E-state index contributed by atoms with van der Waals surface area (Å²) in [6, 6.07) is 0. The maximum absolute atomic E-state index is 11.7. The van der Waals surface area contributed by atoms with E-state index >= 15 is 0 Å². The lowest BCUT2D eigenvalue weighted by atomic mass is 10.0. The standard InChI is InChI=1S/C28H56O3/c1-3-5-7-9-11-12-13-14-15-16-17-19-21-23-25-30-26-27-31-28(29)24-22-20-18-10-8-6-4-2/h3-27H2,1-2H3. The Hall–Kier alpha value is -0.570. The smallest absolute Gasteiger partial charge is 0.305 e. The van der Waals surface area contributed by atoms with E-state index in [1.807, 2.05) is 0 Å². The lowest BCUT2D eigenvalue weighted by molar-refractivity contribution is -0.145. The maximum atomic E-state index is 11.7. The molecule has 186 valence electrons. The van der Waals surface area contributed by atoms with Crippen LogP contribution in [0.1, 0.15) is 155 Å². The van der Waals surface area contributed by atoms with Gasteiger partial charge in [0.05, 0.1) is 6.61 Å². The monoisotopic (exact) mass is 440 g/mol. The first-order chi connectivity index (χ1) is 15.3. The molecule has 0 aromatic carbocycles. The second kappa shape index (κ2) is 27.5. The minimum absolute atomic E-state index is 0.0614. The van der Waals surface area contributed by atoms with E-state index in [0.29, 0.717) is 19.6 Å². The second-order valence-corrected chi connectivity index (χ2v) is 9.30. The van der Waals surface area contributed by atoms with Crippen molar-refractivity contribution in [2.45, 2.75) is 155 Å². The third-order valence-corrected chi connectivity index (χ3v) is 6.12. The van der Waals surface area contributed by atoms with Crippen LogP contribution in [0.2, 0.25) is 0 Å². The number of carbonyl (C=O) groups is 1. The number of hydrogen-bond acceptors (Lipinski definition) is 3. The van der Waals surface area contributed by atoms with Gasteiger partial charge in [0.25, 0.3) is 0 Å². The van der Waals surface area contributed by atoms with Crippen LogP contribution in [-0.4, -0.2) is 25.8 Å². The van der Waals surface area contributed by atoms with Crippen molar-refractivity contribution in [1.29, 1.82) is 0 Å². The van der Waals surface area contributed by atoms with Crippen LogP contribution >= 0.6 is 0 Å². The van der Waals surface area contributed by atoms with E-state index in [-0.39, 0.29) is 5.97 Å². The SMILES string of the molecule is CCCCCCCCCCCCCCCCOCCOC(=O)CCCCCCCCC. The Bertz CT molecular complexity index is 343. The summed E-state index contributed by atoms with van der Waals surface area (Å²) in [5.41, 5.74) is 0. The minimum Gasteiger partial charge on any atom is -0.463 e. The van der Waals surface area contributed by atoms with Crippen LogP contribution < -0.4 is 0 Å². The van der Waals surface area contributed by atoms with Crippen molar-refractivity contribution in [3.8, 4) is 0 Å². The van der Waals surface area contributed by atoms with E-state index in [2.05, 4.69) is 13.8 Å². The van der Waals surface area contributed by atoms with E-state index in [4.69, 9.17) is 9.47 Å². The molecule has 0 radical (unpaired) electrons. The molecule has 0 aliphatic rings. The average Bonchev–Trinajstić information content (AvgIpc) is 2.77. The van der Waals surface area contributed by atoms with Crippen LogP contribution in [0.25, 0.3) is 0 Å². The molecule has 3 nitrogen and oxygen atoms in total. The molecular formula is C28H56O3. The third-order valence-electron chi connectivity index (χ3n) is 6.12. The maximum Gasteiger partial charge on any atom is 0.305 e. The molecule has 0 unspecified atom stereocenters. The molecule has 0 spiro atoms. The highest BCUT2D eigenvalue weighted by atomic mass is 16.6. The first-order valence-corrected chi connectivity index (χ1v) is 14.0. The number of carbonyl (C=O) groups excluding carboxylic acids is 1. The molecule has 3 heteroatoms. The third kappa shape index (κ3) is 27.4. The Balaban J connectivity index is 3.11. The van der Waals surface area contributed by atoms with Crippen molar-refractivity contribution >= 4 is 5.97 Å². The Labute approximate surface area is 195 Å². The Morgan fingerprint density at radius 1 is 0.452 bits per heavy atom. The zero-order valence-corrected chi connectivity index (χ0v) is 21.4. The fourth-order valence-corrected chi connectivity index (χ4v) is 4.01. The van der Waals surface area contributed by atoms with Gasteiger partial charge in [-0.3, -0.25) is 4.79 Å². The number of hydrogen-bond donors (Lipinski definition) is 0. The van der Waals surface area contributed by atoms with E-state index in [1.54, 1.807) is 0 Å². The van der Waals surface area contributed by atoms with Gasteiger partial charge in [0.2, 0.25) is 0 Å². The van der Waals surface area contributed by atoms with Crippen LogP contribution in [-0.2, 0) is 14.3 Å². The lowest BCUT2D eigenvalue weighted by Crippen LogP contribution is -2.10. The summed E-state index contributed by atoms with van der Waals surface area (Å²) in [6.45, 7) is 6.27. The first kappa shape index (κ1) is 30.4. The number of ether oxygens (including phenoxy) is 2. The molecule has 0 atom stereocenters. The number of unbranched alkanes of at least 4 members (excludes halogenated alkanes) is 19. The largest absolute Gasteiger partial charge is 0.463 e. The minimum atomic E-state index is -0.0614. The van der Waals surface area contributed by atoms with Gasteiger partial charge in [-0.25, -0.2) is 0 Å². The van der Waals surface area contributed by atoms with Crippen LogP contribution in [0.5, 0.6) is 0 Å². The van der Waals surface area contributed by atoms with Crippen molar-refractivity contribution in [2.24, 2.45) is 0 Å². The zero-order chi connectivity index (χ0) is 22.7. The highest BCUT2D eigenvalue weighted by Gasteiger charge is 2.02. The summed E-state index contributed by atoms with van der Waals surface area (Å²) in [5, 5.41) is 0. The molecule has 0 aliphatic carbocycles. The highest BCUT2D eigenvalue weighted by Crippen LogP contribution is 2.13. The molecule has 0 saturated heterocycles. The van der Waals surface area contributed by atoms with Gasteiger partial charge in [-0.2, -0.15) is 0 Å². The molecule has 0 heterocycles. The van der Waals surface area contributed by atoms with Crippen molar-refractivity contribution in [3.63, 3.8) is 0 Å². The van der Waals surface area contributed by atoms with Crippen molar-refractivity contribution in [1.82, 2.24) is 0 Å². The van der Waals surface area contributed by atoms with Crippen LogP contribution in [0.15, 0.2) is 0 Å². The molecule has 0 rings (SSSR count). The summed E-state index contributed by atoms with van der Waals surface area (Å²) in [4.78, 5) is 11.7. The van der Waals surface area contributed by atoms with E-state index in [0.717, 1.165) is 25.9 Å². The van der Waals surface area contributed by atoms with E-state index in [9.17, 15) is 4.79 Å². The topological polar surface area (TPSA) is 35.5 Å². The molecule has 0 aromatic heterocycles. The normalized spacial score (nSPS) is 11.2. The van der Waals surface area contributed by atoms with Gasteiger partial charge in [0, 0.05) is 13.0 Å². The average molecular weight is 441 g/mol. The number of rotatable bonds is 26. The molecule has 0 bridgehead atoms. The Morgan fingerprint density at radius 2 is 0.839 bits per heavy atom. The molecule has 0 saturated carbocycles. The summed E-state index contributed by atoms with van der Waals surface area (Å²) in [5.74, 6) is -0.0614. The fraction of sp³-hybridized carbons (Fsp3) is 0.964. The molecule has 0 fully saturated rings. The molecule has 0 aromatic rings. The Morgan fingerprint density at radius 3 is 1.29 bits per heavy atom. The molecular weight excluding hydrogens is 384 g/mol. The summed E-state index contributed by atoms with van der Waals surface area (Å²) >= 11 is 0. The molecule has 0 amide bonds. The van der Waals surface area contributed by atoms with Gasteiger partial charge in [-0.05, 0) is 12.8 Å². The van der Waals surface area contributed by atoms with E-state index in [1.165, 1.54) is 116 Å². The van der Waals surface area contributed by atoms with Crippen molar-refractivity contribution in [3.05, 3.63) is 0 Å². The van der Waals surface area contributed by atoms with Gasteiger partial charge in [-0.1, -0.05) is 136 Å². The Kier molecular flexibility index (Phi) is 27.0. The summed E-state index contributed by atoms with van der Waals surface area (Å²) in [6.07, 6.45) is 28.4. The highest BCUT2D eigenvalue weighted by molar-refractivity contribution is 5.69. The van der Waals surface area contributed by atoms with Crippen LogP contribution in [0, 0.1) is 0 Å². The predicted molar refractivity (Wildman–Crippen MR) is 135 cm³/mol. The fourth-order valence-electron chi connectivity index (χ4n) is 4.01. The van der Waals surface area contributed by atoms with Crippen molar-refractivity contribution < 1.29 is 14.3 Å². The molecule has 31 heavy (non-hydrogen) atoms. The predicted octanol–water partition coefficient (Wildman–Crippen LogP) is 9.17. The molecule has 0 aliphatic heterocycles. The van der Waals surface area contributed by atoms with Gasteiger partial charge in [-0.15, -0.1) is 0 Å². The molecule has 0 N–H and O–H groups in total. The quantitative estimate of drug-likeness (QED) is 0.0993. The van der Waals surface area contributed by atoms with Crippen molar-refractivity contribution in [2.75, 3.05) is 19.8 Å². The summed E-state index contributed by atoms with van der Waals surface area (Å²) in [7, 11) is 0. The summed E-state index contributed by atoms with van der Waals surface area (Å²) < 4.78 is 10.8. The first-order valence-electron chi connectivity index (χ1n) is 14.0. The lowest BCUT2D eigenvalue weighted by Gasteiger charge is -2.07. The number of esters is 1.